The zero-order chi connectivity index (χ0) is 37.0. The first-order valence-electron chi connectivity index (χ1n) is 21.9. The summed E-state index contributed by atoms with van der Waals surface area (Å²) in [5.41, 5.74) is 5.36. The average Bonchev–Trinajstić information content (AvgIpc) is 3.20. The standard InChI is InChI=1S/C26H56P.C24H20B/c1-5-9-13-17-18-22-26-27(23-19-14-10-6-2,24-20-15-11-7-3)25-21-16-12-8-4;1-5-13-21(14-6-1)25(22-15-7-2-8-16-22,23-17-9-3-10-18-23)24-19-11-4-12-20-24/h5-26H2,1-4H3;1-20H/q+1;-1. The van der Waals surface area contributed by atoms with Crippen LogP contribution in [-0.2, 0) is 0 Å². The van der Waals surface area contributed by atoms with Crippen molar-refractivity contribution < 1.29 is 0 Å². The van der Waals surface area contributed by atoms with E-state index >= 15 is 0 Å². The Hall–Kier alpha value is -2.63. The maximum atomic E-state index is 2.36. The maximum Gasteiger partial charge on any atom is 0.108 e. The highest BCUT2D eigenvalue weighted by Gasteiger charge is 2.35. The van der Waals surface area contributed by atoms with Crippen molar-refractivity contribution in [1.82, 2.24) is 0 Å². The number of unbranched alkanes of at least 4 members (excludes halogenated alkanes) is 14. The molecule has 0 aliphatic carbocycles. The third kappa shape index (κ3) is 14.7. The fraction of sp³-hybridized carbons (Fsp3) is 0.520. The summed E-state index contributed by atoms with van der Waals surface area (Å²) in [7, 11) is -0.672. The van der Waals surface area contributed by atoms with Gasteiger partial charge < -0.3 is 0 Å². The fourth-order valence-electron chi connectivity index (χ4n) is 8.64. The lowest BCUT2D eigenvalue weighted by Crippen LogP contribution is -2.74. The molecule has 0 saturated heterocycles. The summed E-state index contributed by atoms with van der Waals surface area (Å²) in [6.45, 7) is 9.40. The molecule has 0 nitrogen and oxygen atoms in total. The number of hydrogen-bond donors (Lipinski definition) is 0. The van der Waals surface area contributed by atoms with Gasteiger partial charge in [-0.15, -0.1) is 0 Å². The van der Waals surface area contributed by atoms with Crippen LogP contribution in [0.5, 0.6) is 0 Å². The van der Waals surface area contributed by atoms with E-state index in [4.69, 9.17) is 0 Å². The highest BCUT2D eigenvalue weighted by molar-refractivity contribution is 7.75. The lowest BCUT2D eigenvalue weighted by Gasteiger charge is -2.44. The van der Waals surface area contributed by atoms with Crippen LogP contribution in [0.15, 0.2) is 121 Å². The number of hydrogen-bond acceptors (Lipinski definition) is 0. The molecule has 2 heteroatoms. The molecule has 4 aromatic carbocycles. The van der Waals surface area contributed by atoms with Gasteiger partial charge in [-0.05, 0) is 51.4 Å². The first-order chi connectivity index (χ1) is 25.7. The van der Waals surface area contributed by atoms with Crippen LogP contribution in [0, 0.1) is 0 Å². The fourth-order valence-corrected chi connectivity index (χ4v) is 13.6. The van der Waals surface area contributed by atoms with Crippen LogP contribution in [0.1, 0.15) is 143 Å². The Kier molecular flexibility index (Phi) is 22.8. The molecule has 0 atom stereocenters. The topological polar surface area (TPSA) is 0 Å². The molecule has 284 valence electrons. The summed E-state index contributed by atoms with van der Waals surface area (Å²) >= 11 is 0. The van der Waals surface area contributed by atoms with E-state index in [0.29, 0.717) is 0 Å². The second-order valence-corrected chi connectivity index (χ2v) is 20.2. The molecule has 4 aromatic rings. The largest absolute Gasteiger partial charge is 0.195 e. The first kappa shape index (κ1) is 43.8. The Morgan fingerprint density at radius 3 is 0.750 bits per heavy atom. The van der Waals surface area contributed by atoms with Crippen LogP contribution in [-0.4, -0.2) is 30.8 Å². The molecule has 0 fully saturated rings. The minimum absolute atomic E-state index is 0.672. The Morgan fingerprint density at radius 2 is 0.500 bits per heavy atom. The molecule has 0 unspecified atom stereocenters. The molecule has 4 rings (SSSR count). The van der Waals surface area contributed by atoms with Crippen molar-refractivity contribution in [1.29, 1.82) is 0 Å². The van der Waals surface area contributed by atoms with E-state index in [9.17, 15) is 0 Å². The second-order valence-electron chi connectivity index (χ2n) is 15.7. The molecule has 0 saturated carbocycles. The molecule has 0 amide bonds. The Labute approximate surface area is 323 Å². The van der Waals surface area contributed by atoms with Crippen molar-refractivity contribution >= 4 is 35.3 Å². The van der Waals surface area contributed by atoms with Gasteiger partial charge in [-0.1, -0.05) is 213 Å². The summed E-state index contributed by atoms with van der Waals surface area (Å²) in [4.78, 5) is 0. The molecule has 0 heterocycles. The molecular formula is C50H76BP. The van der Waals surface area contributed by atoms with E-state index in [1.54, 1.807) is 50.3 Å². The summed E-state index contributed by atoms with van der Waals surface area (Å²) in [6.07, 6.45) is 31.9. The van der Waals surface area contributed by atoms with Gasteiger partial charge >= 0.3 is 0 Å². The van der Waals surface area contributed by atoms with Gasteiger partial charge in [0, 0.05) is 7.26 Å². The number of benzene rings is 4. The third-order valence-electron chi connectivity index (χ3n) is 11.6. The van der Waals surface area contributed by atoms with E-state index < -0.39 is 13.4 Å². The normalized spacial score (nSPS) is 11.6. The van der Waals surface area contributed by atoms with Crippen molar-refractivity contribution in [3.05, 3.63) is 121 Å². The van der Waals surface area contributed by atoms with Gasteiger partial charge in [-0.2, -0.15) is 21.9 Å². The van der Waals surface area contributed by atoms with Gasteiger partial charge in [0.1, 0.15) is 6.15 Å². The highest BCUT2D eigenvalue weighted by atomic mass is 31.2. The van der Waals surface area contributed by atoms with Crippen LogP contribution in [0.25, 0.3) is 0 Å². The van der Waals surface area contributed by atoms with Gasteiger partial charge in [-0.3, -0.25) is 0 Å². The highest BCUT2D eigenvalue weighted by Crippen LogP contribution is 2.61. The predicted octanol–water partition coefficient (Wildman–Crippen LogP) is 13.2. The van der Waals surface area contributed by atoms with Crippen LogP contribution in [0.2, 0.25) is 0 Å². The molecular weight excluding hydrogens is 642 g/mol. The zero-order valence-corrected chi connectivity index (χ0v) is 35.0. The lowest BCUT2D eigenvalue weighted by atomic mass is 9.13. The Balaban J connectivity index is 0.000000280. The van der Waals surface area contributed by atoms with E-state index in [1.165, 1.54) is 112 Å². The zero-order valence-electron chi connectivity index (χ0n) is 34.1. The Morgan fingerprint density at radius 1 is 0.288 bits per heavy atom. The van der Waals surface area contributed by atoms with E-state index in [2.05, 4.69) is 149 Å². The summed E-state index contributed by atoms with van der Waals surface area (Å²) in [6, 6.07) is 43.5. The van der Waals surface area contributed by atoms with Crippen molar-refractivity contribution in [3.63, 3.8) is 0 Å². The molecule has 52 heavy (non-hydrogen) atoms. The van der Waals surface area contributed by atoms with Crippen molar-refractivity contribution in [2.24, 2.45) is 0 Å². The van der Waals surface area contributed by atoms with Crippen molar-refractivity contribution in [3.8, 4) is 0 Å². The lowest BCUT2D eigenvalue weighted by molar-refractivity contribution is 0.623. The van der Waals surface area contributed by atoms with Crippen molar-refractivity contribution in [2.75, 3.05) is 24.6 Å². The molecule has 0 spiro atoms. The quantitative estimate of drug-likeness (QED) is 0.0344. The van der Waals surface area contributed by atoms with E-state index in [0.717, 1.165) is 0 Å². The van der Waals surface area contributed by atoms with Crippen LogP contribution < -0.4 is 21.9 Å². The van der Waals surface area contributed by atoms with Gasteiger partial charge in [-0.25, -0.2) is 0 Å². The summed E-state index contributed by atoms with van der Waals surface area (Å²) < 4.78 is 0. The molecule has 0 aliphatic rings. The van der Waals surface area contributed by atoms with Gasteiger partial charge in [0.25, 0.3) is 0 Å². The van der Waals surface area contributed by atoms with E-state index in [1.807, 2.05) is 0 Å². The van der Waals surface area contributed by atoms with Gasteiger partial charge in [0.15, 0.2) is 0 Å². The van der Waals surface area contributed by atoms with Crippen LogP contribution in [0.3, 0.4) is 0 Å². The molecule has 0 aromatic heterocycles. The van der Waals surface area contributed by atoms with E-state index in [-0.39, 0.29) is 0 Å². The smallest absolute Gasteiger partial charge is 0.108 e. The Bertz CT molecular complexity index is 1180. The third-order valence-corrected chi connectivity index (χ3v) is 16.7. The molecule has 0 aliphatic heterocycles. The molecule has 0 radical (unpaired) electrons. The molecule has 0 N–H and O–H groups in total. The van der Waals surface area contributed by atoms with Gasteiger partial charge in [0.05, 0.1) is 24.6 Å². The van der Waals surface area contributed by atoms with Crippen LogP contribution >= 0.6 is 7.26 Å². The predicted molar refractivity (Wildman–Crippen MR) is 242 cm³/mol. The SMILES string of the molecule is CCCCCCCC[P+](CCCCCC)(CCCCCC)CCCCCC.c1ccc([B-](c2ccccc2)(c2ccccc2)c2ccccc2)cc1. The van der Waals surface area contributed by atoms with Gasteiger partial charge in [0.2, 0.25) is 0 Å². The monoisotopic (exact) mass is 719 g/mol. The second kappa shape index (κ2) is 27.0. The average molecular weight is 719 g/mol. The maximum absolute atomic E-state index is 2.36. The minimum Gasteiger partial charge on any atom is -0.195 e. The number of rotatable bonds is 26. The van der Waals surface area contributed by atoms with Crippen LogP contribution in [0.4, 0.5) is 0 Å². The minimum atomic E-state index is -1.22. The molecule has 0 bridgehead atoms. The summed E-state index contributed by atoms with van der Waals surface area (Å²) in [5, 5.41) is 0. The summed E-state index contributed by atoms with van der Waals surface area (Å²) in [5.74, 6) is 0. The first-order valence-corrected chi connectivity index (χ1v) is 24.4. The van der Waals surface area contributed by atoms with Crippen molar-refractivity contribution in [2.45, 2.75) is 143 Å².